The van der Waals surface area contributed by atoms with Crippen molar-refractivity contribution in [2.24, 2.45) is 5.92 Å². The lowest BCUT2D eigenvalue weighted by molar-refractivity contribution is -0.119. The van der Waals surface area contributed by atoms with E-state index in [-0.39, 0.29) is 12.2 Å². The van der Waals surface area contributed by atoms with E-state index < -0.39 is 0 Å². The topological polar surface area (TPSA) is 47.8 Å². The van der Waals surface area contributed by atoms with Crippen molar-refractivity contribution in [3.8, 4) is 17.1 Å². The maximum atomic E-state index is 12.4. The first-order valence-electron chi connectivity index (χ1n) is 8.42. The van der Waals surface area contributed by atoms with Gasteiger partial charge in [0.15, 0.2) is 5.82 Å². The lowest BCUT2D eigenvalue weighted by atomic mass is 10.1. The number of carbonyl (C=O) groups excluding carboxylic acids is 1. The Balaban J connectivity index is 2.02. The summed E-state index contributed by atoms with van der Waals surface area (Å²) in [6.45, 7) is 4.07. The number of nitrogens with zero attached hydrogens (tertiary/aromatic N) is 3. The maximum absolute atomic E-state index is 12.4. The van der Waals surface area contributed by atoms with E-state index in [0.717, 1.165) is 15.7 Å². The number of carbonyl (C=O) groups is 1. The van der Waals surface area contributed by atoms with Gasteiger partial charge in [-0.15, -0.1) is 5.10 Å². The molecule has 0 saturated heterocycles. The van der Waals surface area contributed by atoms with Gasteiger partial charge >= 0.3 is 0 Å². The molecule has 0 fully saturated rings. The highest BCUT2D eigenvalue weighted by Gasteiger charge is 2.17. The molecule has 0 amide bonds. The monoisotopic (exact) mass is 431 g/mol. The second-order valence-corrected chi connectivity index (χ2v) is 7.92. The third kappa shape index (κ3) is 4.59. The van der Waals surface area contributed by atoms with Gasteiger partial charge in [0.2, 0.25) is 0 Å². The molecule has 0 aliphatic heterocycles. The molecule has 0 aliphatic carbocycles. The summed E-state index contributed by atoms with van der Waals surface area (Å²) in [5.74, 6) is 1.68. The average molecular weight is 433 g/mol. The van der Waals surface area contributed by atoms with Gasteiger partial charge in [-0.25, -0.2) is 9.67 Å². The fraction of sp³-hybridized carbons (Fsp3) is 0.250. The van der Waals surface area contributed by atoms with Crippen LogP contribution in [0.5, 0.6) is 0 Å². The molecule has 3 rings (SSSR count). The molecule has 3 aromatic rings. The quantitative estimate of drug-likeness (QED) is 0.516. The minimum atomic E-state index is 0.151. The van der Waals surface area contributed by atoms with Crippen molar-refractivity contribution in [1.82, 2.24) is 14.8 Å². The molecule has 0 unspecified atom stereocenters. The van der Waals surface area contributed by atoms with Gasteiger partial charge in [0.05, 0.1) is 12.1 Å². The van der Waals surface area contributed by atoms with E-state index in [1.165, 1.54) is 0 Å². The van der Waals surface area contributed by atoms with E-state index in [2.05, 4.69) is 26.0 Å². The largest absolute Gasteiger partial charge is 0.299 e. The molecule has 0 atom stereocenters. The molecule has 6 heteroatoms. The van der Waals surface area contributed by atoms with Gasteiger partial charge in [-0.2, -0.15) is 0 Å². The minimum absolute atomic E-state index is 0.151. The zero-order chi connectivity index (χ0) is 18.7. The highest BCUT2D eigenvalue weighted by molar-refractivity contribution is 9.10. The van der Waals surface area contributed by atoms with Crippen molar-refractivity contribution >= 4 is 33.3 Å². The Hall–Kier alpha value is -1.98. The second-order valence-electron chi connectivity index (χ2n) is 6.56. The van der Waals surface area contributed by atoms with Gasteiger partial charge in [-0.3, -0.25) is 4.79 Å². The Labute approximate surface area is 166 Å². The Morgan fingerprint density at radius 3 is 2.58 bits per heavy atom. The summed E-state index contributed by atoms with van der Waals surface area (Å²) < 4.78 is 2.70. The summed E-state index contributed by atoms with van der Waals surface area (Å²) in [5.41, 5.74) is 1.69. The molecule has 4 nitrogen and oxygen atoms in total. The van der Waals surface area contributed by atoms with Crippen molar-refractivity contribution in [3.05, 3.63) is 63.9 Å². The van der Waals surface area contributed by atoms with E-state index in [1.54, 1.807) is 10.7 Å². The first kappa shape index (κ1) is 18.8. The van der Waals surface area contributed by atoms with Gasteiger partial charge < -0.3 is 0 Å². The lowest BCUT2D eigenvalue weighted by Gasteiger charge is -2.07. The summed E-state index contributed by atoms with van der Waals surface area (Å²) in [6.07, 6.45) is 0.768. The zero-order valence-corrected chi connectivity index (χ0v) is 17.0. The van der Waals surface area contributed by atoms with E-state index in [4.69, 9.17) is 11.6 Å². The fourth-order valence-electron chi connectivity index (χ4n) is 2.70. The van der Waals surface area contributed by atoms with Crippen LogP contribution < -0.4 is 0 Å². The molecule has 26 heavy (non-hydrogen) atoms. The Kier molecular flexibility index (Phi) is 5.89. The fourth-order valence-corrected chi connectivity index (χ4v) is 3.15. The zero-order valence-electron chi connectivity index (χ0n) is 14.6. The molecule has 1 aromatic heterocycles. The van der Waals surface area contributed by atoms with Gasteiger partial charge in [-0.1, -0.05) is 59.6 Å². The van der Waals surface area contributed by atoms with Crippen molar-refractivity contribution in [2.45, 2.75) is 26.7 Å². The van der Waals surface area contributed by atoms with Crippen molar-refractivity contribution < 1.29 is 4.79 Å². The number of ketones is 1. The van der Waals surface area contributed by atoms with Crippen molar-refractivity contribution in [1.29, 1.82) is 0 Å². The first-order chi connectivity index (χ1) is 12.4. The van der Waals surface area contributed by atoms with Gasteiger partial charge in [-0.05, 0) is 36.2 Å². The molecule has 0 N–H and O–H groups in total. The summed E-state index contributed by atoms with van der Waals surface area (Å²) in [5, 5.41) is 5.25. The number of Topliss-reactive ketones (excluding diaryl/α,β-unsaturated/α-hetero) is 1. The van der Waals surface area contributed by atoms with Crippen LogP contribution in [0.4, 0.5) is 0 Å². The summed E-state index contributed by atoms with van der Waals surface area (Å²) in [4.78, 5) is 17.0. The number of rotatable bonds is 6. The van der Waals surface area contributed by atoms with Gasteiger partial charge in [0.25, 0.3) is 0 Å². The number of aromatic nitrogens is 3. The predicted octanol–water partition coefficient (Wildman–Crippen LogP) is 5.51. The van der Waals surface area contributed by atoms with E-state index in [1.807, 2.05) is 56.3 Å². The van der Waals surface area contributed by atoms with Crippen molar-refractivity contribution in [2.75, 3.05) is 0 Å². The highest BCUT2D eigenvalue weighted by atomic mass is 79.9. The summed E-state index contributed by atoms with van der Waals surface area (Å²) in [6, 6.07) is 15.2. The Bertz CT molecular complexity index is 919. The normalized spacial score (nSPS) is 11.1. The third-order valence-electron chi connectivity index (χ3n) is 3.82. The Morgan fingerprint density at radius 2 is 1.92 bits per heavy atom. The molecular weight excluding hydrogens is 414 g/mol. The van der Waals surface area contributed by atoms with Crippen LogP contribution in [0, 0.1) is 5.92 Å². The smallest absolute Gasteiger partial charge is 0.181 e. The van der Waals surface area contributed by atoms with Crippen LogP contribution in [0.15, 0.2) is 53.0 Å². The number of hydrogen-bond acceptors (Lipinski definition) is 3. The van der Waals surface area contributed by atoms with Crippen LogP contribution in [0.25, 0.3) is 17.1 Å². The lowest BCUT2D eigenvalue weighted by Crippen LogP contribution is -2.11. The molecule has 0 radical (unpaired) electrons. The molecule has 0 bridgehead atoms. The molecule has 1 heterocycles. The SMILES string of the molecule is CC(C)CC(=O)Cc1nc(-c2ccc(Br)cc2)nn1-c1cccc(Cl)c1. The molecule has 0 aliphatic rings. The van der Waals surface area contributed by atoms with Crippen LogP contribution in [-0.4, -0.2) is 20.5 Å². The average Bonchev–Trinajstić information content (AvgIpc) is 2.98. The van der Waals surface area contributed by atoms with E-state index in [0.29, 0.717) is 29.0 Å². The second kappa shape index (κ2) is 8.14. The predicted molar refractivity (Wildman–Crippen MR) is 108 cm³/mol. The molecule has 0 spiro atoms. The van der Waals surface area contributed by atoms with Crippen LogP contribution >= 0.6 is 27.5 Å². The van der Waals surface area contributed by atoms with Crippen molar-refractivity contribution in [3.63, 3.8) is 0 Å². The van der Waals surface area contributed by atoms with Crippen LogP contribution in [0.2, 0.25) is 5.02 Å². The van der Waals surface area contributed by atoms with E-state index >= 15 is 0 Å². The third-order valence-corrected chi connectivity index (χ3v) is 4.58. The number of halogens is 2. The van der Waals surface area contributed by atoms with Crippen LogP contribution in [-0.2, 0) is 11.2 Å². The number of hydrogen-bond donors (Lipinski definition) is 0. The summed E-state index contributed by atoms with van der Waals surface area (Å²) >= 11 is 9.56. The standard InChI is InChI=1S/C20H19BrClN3O/c1-13(2)10-18(26)12-19-23-20(14-6-8-15(21)9-7-14)24-25(19)17-5-3-4-16(22)11-17/h3-9,11,13H,10,12H2,1-2H3. The van der Waals surface area contributed by atoms with Crippen LogP contribution in [0.1, 0.15) is 26.1 Å². The Morgan fingerprint density at radius 1 is 1.19 bits per heavy atom. The molecule has 0 saturated carbocycles. The number of benzene rings is 2. The molecular formula is C20H19BrClN3O. The molecule has 134 valence electrons. The van der Waals surface area contributed by atoms with Gasteiger partial charge in [0, 0.05) is 21.5 Å². The first-order valence-corrected chi connectivity index (χ1v) is 9.59. The minimum Gasteiger partial charge on any atom is -0.299 e. The van der Waals surface area contributed by atoms with Gasteiger partial charge in [0.1, 0.15) is 11.6 Å². The summed E-state index contributed by atoms with van der Waals surface area (Å²) in [7, 11) is 0. The highest BCUT2D eigenvalue weighted by Crippen LogP contribution is 2.22. The van der Waals surface area contributed by atoms with E-state index in [9.17, 15) is 4.79 Å². The molecule has 2 aromatic carbocycles. The van der Waals surface area contributed by atoms with Crippen LogP contribution in [0.3, 0.4) is 0 Å². The maximum Gasteiger partial charge on any atom is 0.181 e.